The average Bonchev–Trinajstić information content (AvgIpc) is 2.72. The second-order valence-electron chi connectivity index (χ2n) is 11.0. The highest BCUT2D eigenvalue weighted by atomic mass is 16.5. The molecule has 3 nitrogen and oxygen atoms in total. The summed E-state index contributed by atoms with van der Waals surface area (Å²) in [6.45, 7) is 3.13. The van der Waals surface area contributed by atoms with Crippen LogP contribution in [0.3, 0.4) is 0 Å². The molecule has 1 aromatic rings. The molecule has 5 fully saturated rings. The van der Waals surface area contributed by atoms with Crippen molar-refractivity contribution in [3.05, 3.63) is 23.3 Å². The monoisotopic (exact) mass is 394 g/mol. The number of rotatable bonds is 3. The van der Waals surface area contributed by atoms with Crippen molar-refractivity contribution >= 4 is 6.21 Å². The van der Waals surface area contributed by atoms with E-state index >= 15 is 0 Å². The lowest BCUT2D eigenvalue weighted by Crippen LogP contribution is -2.49. The van der Waals surface area contributed by atoms with Gasteiger partial charge in [-0.2, -0.15) is 4.58 Å². The van der Waals surface area contributed by atoms with Crippen LogP contribution in [0.2, 0.25) is 0 Å². The van der Waals surface area contributed by atoms with Crippen LogP contribution in [0.5, 0.6) is 11.5 Å². The lowest BCUT2D eigenvalue weighted by atomic mass is 9.48. The zero-order chi connectivity index (χ0) is 19.6. The minimum atomic E-state index is 0.335. The molecule has 3 heteroatoms. The number of hydrogen-bond acceptors (Lipinski definition) is 2. The Balaban J connectivity index is 1.42. The first-order chi connectivity index (χ1) is 14.1. The van der Waals surface area contributed by atoms with E-state index < -0.39 is 0 Å². The van der Waals surface area contributed by atoms with Crippen LogP contribution < -0.4 is 9.47 Å². The van der Waals surface area contributed by atoms with Crippen molar-refractivity contribution < 1.29 is 14.0 Å². The van der Waals surface area contributed by atoms with E-state index in [0.717, 1.165) is 29.4 Å². The lowest BCUT2D eigenvalue weighted by molar-refractivity contribution is -0.601. The van der Waals surface area contributed by atoms with Gasteiger partial charge in [0.2, 0.25) is 0 Å². The molecule has 4 bridgehead atoms. The molecule has 1 heterocycles. The average molecular weight is 395 g/mol. The molecule has 0 saturated heterocycles. The van der Waals surface area contributed by atoms with Gasteiger partial charge in [0.25, 0.3) is 6.73 Å². The van der Waals surface area contributed by atoms with E-state index in [9.17, 15) is 0 Å². The summed E-state index contributed by atoms with van der Waals surface area (Å²) in [5.41, 5.74) is 3.05. The Kier molecular flexibility index (Phi) is 4.25. The molecule has 0 N–H and O–H groups in total. The molecule has 0 aromatic heterocycles. The molecule has 0 amide bonds. The minimum Gasteiger partial charge on any atom is -0.497 e. The molecule has 5 aliphatic carbocycles. The van der Waals surface area contributed by atoms with E-state index in [1.165, 1.54) is 81.1 Å². The Hall–Kier alpha value is -1.51. The SMILES string of the molecule is COc1cc2c(c(C34CC5CC(CC(C5)C3)C4)c1)OC[N+](C1CCCCC1C)=C2. The van der Waals surface area contributed by atoms with E-state index in [-0.39, 0.29) is 0 Å². The topological polar surface area (TPSA) is 21.5 Å². The molecule has 2 unspecified atom stereocenters. The molecule has 7 rings (SSSR count). The highest BCUT2D eigenvalue weighted by Crippen LogP contribution is 2.62. The van der Waals surface area contributed by atoms with E-state index in [4.69, 9.17) is 9.47 Å². The fraction of sp³-hybridized carbons (Fsp3) is 0.731. The first-order valence-corrected chi connectivity index (χ1v) is 12.1. The molecule has 5 saturated carbocycles. The molecule has 1 aliphatic heterocycles. The summed E-state index contributed by atoms with van der Waals surface area (Å²) in [6.07, 6.45) is 16.3. The number of hydrogen-bond donors (Lipinski definition) is 0. The molecular formula is C26H36NO2+. The normalized spacial score (nSPS) is 40.2. The third-order valence-corrected chi connectivity index (χ3v) is 9.09. The predicted molar refractivity (Wildman–Crippen MR) is 115 cm³/mol. The fourth-order valence-corrected chi connectivity index (χ4v) is 8.17. The van der Waals surface area contributed by atoms with Crippen molar-refractivity contribution in [1.29, 1.82) is 0 Å². The van der Waals surface area contributed by atoms with Gasteiger partial charge in [0.1, 0.15) is 11.5 Å². The highest BCUT2D eigenvalue weighted by Gasteiger charge is 2.53. The molecular weight excluding hydrogens is 358 g/mol. The molecule has 156 valence electrons. The molecule has 0 spiro atoms. The summed E-state index contributed by atoms with van der Waals surface area (Å²) in [5, 5.41) is 0. The molecule has 0 radical (unpaired) electrons. The quantitative estimate of drug-likeness (QED) is 0.629. The molecule has 6 aliphatic rings. The number of nitrogens with zero attached hydrogens (tertiary/aromatic N) is 1. The van der Waals surface area contributed by atoms with Gasteiger partial charge in [0.15, 0.2) is 12.3 Å². The van der Waals surface area contributed by atoms with Crippen molar-refractivity contribution in [2.75, 3.05) is 13.8 Å². The van der Waals surface area contributed by atoms with Gasteiger partial charge in [-0.05, 0) is 86.7 Å². The van der Waals surface area contributed by atoms with Gasteiger partial charge < -0.3 is 9.47 Å². The summed E-state index contributed by atoms with van der Waals surface area (Å²) >= 11 is 0. The number of methoxy groups -OCH3 is 1. The van der Waals surface area contributed by atoms with Crippen molar-refractivity contribution in [3.8, 4) is 11.5 Å². The Morgan fingerprint density at radius 2 is 1.69 bits per heavy atom. The zero-order valence-corrected chi connectivity index (χ0v) is 18.2. The predicted octanol–water partition coefficient (Wildman–Crippen LogP) is 5.52. The van der Waals surface area contributed by atoms with Crippen molar-refractivity contribution in [1.82, 2.24) is 0 Å². The smallest absolute Gasteiger partial charge is 0.287 e. The van der Waals surface area contributed by atoms with Crippen LogP contribution >= 0.6 is 0 Å². The van der Waals surface area contributed by atoms with Crippen LogP contribution in [0.1, 0.15) is 82.3 Å². The van der Waals surface area contributed by atoms with Crippen molar-refractivity contribution in [2.24, 2.45) is 23.7 Å². The second kappa shape index (κ2) is 6.75. The van der Waals surface area contributed by atoms with Gasteiger partial charge in [-0.1, -0.05) is 13.3 Å². The van der Waals surface area contributed by atoms with Gasteiger partial charge in [-0.3, -0.25) is 0 Å². The Bertz CT molecular complexity index is 806. The van der Waals surface area contributed by atoms with Gasteiger partial charge in [0, 0.05) is 17.9 Å². The van der Waals surface area contributed by atoms with Crippen LogP contribution in [0.4, 0.5) is 0 Å². The Labute approximate surface area is 175 Å². The molecule has 1 aromatic carbocycles. The van der Waals surface area contributed by atoms with Gasteiger partial charge in [-0.25, -0.2) is 0 Å². The zero-order valence-electron chi connectivity index (χ0n) is 18.2. The highest BCUT2D eigenvalue weighted by molar-refractivity contribution is 5.83. The summed E-state index contributed by atoms with van der Waals surface area (Å²) in [6, 6.07) is 5.16. The van der Waals surface area contributed by atoms with Crippen LogP contribution in [0.15, 0.2) is 12.1 Å². The van der Waals surface area contributed by atoms with Gasteiger partial charge >= 0.3 is 0 Å². The van der Waals surface area contributed by atoms with E-state index in [1.54, 1.807) is 0 Å². The fourth-order valence-electron chi connectivity index (χ4n) is 8.17. The third-order valence-electron chi connectivity index (χ3n) is 9.09. The molecule has 2 atom stereocenters. The van der Waals surface area contributed by atoms with Gasteiger partial charge in [0.05, 0.1) is 12.7 Å². The first-order valence-electron chi connectivity index (χ1n) is 12.1. The van der Waals surface area contributed by atoms with Crippen molar-refractivity contribution in [3.63, 3.8) is 0 Å². The number of fused-ring (bicyclic) bond motifs is 1. The standard InChI is InChI=1S/C26H36NO2/c1-17-5-3-4-6-24(17)27-15-21-10-22(28-2)11-23(25(21)29-16-27)26-12-18-7-19(13-26)9-20(8-18)14-26/h10-11,15,17-20,24H,3-9,12-14,16H2,1-2H3/q+1. The maximum atomic E-state index is 6.60. The first kappa shape index (κ1) is 18.3. The summed E-state index contributed by atoms with van der Waals surface area (Å²) in [5.74, 6) is 5.75. The van der Waals surface area contributed by atoms with Crippen LogP contribution in [0.25, 0.3) is 0 Å². The Morgan fingerprint density at radius 1 is 1.00 bits per heavy atom. The Morgan fingerprint density at radius 3 is 2.34 bits per heavy atom. The second-order valence-corrected chi connectivity index (χ2v) is 11.0. The van der Waals surface area contributed by atoms with E-state index in [0.29, 0.717) is 18.2 Å². The summed E-state index contributed by atoms with van der Waals surface area (Å²) in [4.78, 5) is 0. The maximum absolute atomic E-state index is 6.60. The van der Waals surface area contributed by atoms with Crippen molar-refractivity contribution in [2.45, 2.75) is 82.6 Å². The van der Waals surface area contributed by atoms with E-state index in [1.807, 2.05) is 7.11 Å². The minimum absolute atomic E-state index is 0.335. The summed E-state index contributed by atoms with van der Waals surface area (Å²) in [7, 11) is 1.82. The lowest BCUT2D eigenvalue weighted by Gasteiger charge is -2.57. The largest absolute Gasteiger partial charge is 0.497 e. The van der Waals surface area contributed by atoms with Crippen LogP contribution in [-0.4, -0.2) is 30.7 Å². The number of ether oxygens (including phenoxy) is 2. The number of benzene rings is 1. The molecule has 29 heavy (non-hydrogen) atoms. The van der Waals surface area contributed by atoms with Crippen LogP contribution in [0, 0.1) is 23.7 Å². The third kappa shape index (κ3) is 2.94. The van der Waals surface area contributed by atoms with Crippen LogP contribution in [-0.2, 0) is 5.41 Å². The maximum Gasteiger partial charge on any atom is 0.287 e. The van der Waals surface area contributed by atoms with E-state index in [2.05, 4.69) is 29.8 Å². The summed E-state index contributed by atoms with van der Waals surface area (Å²) < 4.78 is 14.9. The van der Waals surface area contributed by atoms with Gasteiger partial charge in [-0.15, -0.1) is 0 Å².